The van der Waals surface area contributed by atoms with Crippen LogP contribution in [0.2, 0.25) is 0 Å². The summed E-state index contributed by atoms with van der Waals surface area (Å²) in [4.78, 5) is 15.3. The SMILES string of the molecule is CCCCCOc1ccc([C@H]2c3c(-c4ccccc4O)n[nH]c3C(=O)N2CCCC)cc1OC. The van der Waals surface area contributed by atoms with Crippen LogP contribution < -0.4 is 9.47 Å². The molecule has 0 unspecified atom stereocenters. The van der Waals surface area contributed by atoms with Gasteiger partial charge in [0.15, 0.2) is 11.5 Å². The number of benzene rings is 2. The molecule has 0 spiro atoms. The molecule has 7 heteroatoms. The molecule has 34 heavy (non-hydrogen) atoms. The third kappa shape index (κ3) is 4.47. The van der Waals surface area contributed by atoms with Gasteiger partial charge in [0.1, 0.15) is 17.1 Å². The summed E-state index contributed by atoms with van der Waals surface area (Å²) in [6.45, 7) is 5.53. The van der Waals surface area contributed by atoms with E-state index in [0.717, 1.165) is 43.2 Å². The molecule has 0 fully saturated rings. The zero-order valence-electron chi connectivity index (χ0n) is 20.1. The Morgan fingerprint density at radius 2 is 1.85 bits per heavy atom. The Bertz CT molecular complexity index is 1140. The minimum absolute atomic E-state index is 0.0820. The number of nitrogens with one attached hydrogen (secondary N) is 1. The van der Waals surface area contributed by atoms with Gasteiger partial charge >= 0.3 is 0 Å². The van der Waals surface area contributed by atoms with Crippen molar-refractivity contribution in [2.75, 3.05) is 20.3 Å². The van der Waals surface area contributed by atoms with Crippen molar-refractivity contribution in [3.8, 4) is 28.5 Å². The molecule has 2 N–H and O–H groups in total. The lowest BCUT2D eigenvalue weighted by Crippen LogP contribution is -2.30. The Kier molecular flexibility index (Phi) is 7.40. The first kappa shape index (κ1) is 23.7. The van der Waals surface area contributed by atoms with Gasteiger partial charge in [-0.15, -0.1) is 0 Å². The minimum Gasteiger partial charge on any atom is -0.507 e. The van der Waals surface area contributed by atoms with E-state index in [4.69, 9.17) is 9.47 Å². The number of nitrogens with zero attached hydrogens (tertiary/aromatic N) is 2. The molecule has 1 aromatic heterocycles. The van der Waals surface area contributed by atoms with Crippen molar-refractivity contribution >= 4 is 5.91 Å². The van der Waals surface area contributed by atoms with Crippen LogP contribution in [0.5, 0.6) is 17.2 Å². The number of unbranched alkanes of at least 4 members (excludes halogenated alkanes) is 3. The van der Waals surface area contributed by atoms with Crippen LogP contribution in [0, 0.1) is 0 Å². The molecular weight excluding hydrogens is 430 g/mol. The number of fused-ring (bicyclic) bond motifs is 1. The monoisotopic (exact) mass is 463 g/mol. The van der Waals surface area contributed by atoms with Gasteiger partial charge in [0.05, 0.1) is 19.8 Å². The molecule has 0 radical (unpaired) electrons. The lowest BCUT2D eigenvalue weighted by atomic mass is 9.95. The van der Waals surface area contributed by atoms with E-state index in [2.05, 4.69) is 24.0 Å². The number of amides is 1. The van der Waals surface area contributed by atoms with E-state index in [1.54, 1.807) is 19.2 Å². The molecule has 0 bridgehead atoms. The van der Waals surface area contributed by atoms with Gasteiger partial charge in [0, 0.05) is 17.7 Å². The fourth-order valence-electron chi connectivity index (χ4n) is 4.49. The van der Waals surface area contributed by atoms with Crippen LogP contribution in [0.4, 0.5) is 0 Å². The summed E-state index contributed by atoms with van der Waals surface area (Å²) in [7, 11) is 1.63. The van der Waals surface area contributed by atoms with Gasteiger partial charge < -0.3 is 19.5 Å². The van der Waals surface area contributed by atoms with Gasteiger partial charge in [0.2, 0.25) is 0 Å². The van der Waals surface area contributed by atoms with E-state index in [9.17, 15) is 9.90 Å². The highest BCUT2D eigenvalue weighted by Crippen LogP contribution is 2.45. The summed E-state index contributed by atoms with van der Waals surface area (Å²) in [6.07, 6.45) is 5.11. The van der Waals surface area contributed by atoms with Gasteiger partial charge in [-0.3, -0.25) is 9.89 Å². The van der Waals surface area contributed by atoms with Crippen LogP contribution in [0.15, 0.2) is 42.5 Å². The van der Waals surface area contributed by atoms with E-state index in [1.165, 1.54) is 0 Å². The zero-order valence-corrected chi connectivity index (χ0v) is 20.1. The molecule has 1 atom stereocenters. The fraction of sp³-hybridized carbons (Fsp3) is 0.407. The van der Waals surface area contributed by atoms with Crippen molar-refractivity contribution in [3.63, 3.8) is 0 Å². The number of ether oxygens (including phenoxy) is 2. The maximum absolute atomic E-state index is 13.4. The summed E-state index contributed by atoms with van der Waals surface area (Å²) >= 11 is 0. The van der Waals surface area contributed by atoms with Crippen molar-refractivity contribution in [1.82, 2.24) is 15.1 Å². The van der Waals surface area contributed by atoms with Gasteiger partial charge in [-0.2, -0.15) is 5.10 Å². The van der Waals surface area contributed by atoms with Gasteiger partial charge in [-0.25, -0.2) is 0 Å². The molecule has 4 rings (SSSR count). The number of aromatic nitrogens is 2. The lowest BCUT2D eigenvalue weighted by Gasteiger charge is -2.27. The lowest BCUT2D eigenvalue weighted by molar-refractivity contribution is 0.0741. The van der Waals surface area contributed by atoms with Gasteiger partial charge in [0.25, 0.3) is 5.91 Å². The van der Waals surface area contributed by atoms with E-state index >= 15 is 0 Å². The Morgan fingerprint density at radius 1 is 1.06 bits per heavy atom. The number of rotatable bonds is 11. The Morgan fingerprint density at radius 3 is 2.59 bits per heavy atom. The van der Waals surface area contributed by atoms with Gasteiger partial charge in [-0.1, -0.05) is 51.3 Å². The molecule has 2 aromatic carbocycles. The second-order valence-electron chi connectivity index (χ2n) is 8.60. The van der Waals surface area contributed by atoms with Crippen molar-refractivity contribution in [2.45, 2.75) is 52.0 Å². The smallest absolute Gasteiger partial charge is 0.273 e. The molecule has 1 aliphatic heterocycles. The van der Waals surface area contributed by atoms with E-state index in [0.29, 0.717) is 41.6 Å². The summed E-state index contributed by atoms with van der Waals surface area (Å²) < 4.78 is 11.6. The van der Waals surface area contributed by atoms with Crippen molar-refractivity contribution < 1.29 is 19.4 Å². The van der Waals surface area contributed by atoms with Crippen LogP contribution >= 0.6 is 0 Å². The topological polar surface area (TPSA) is 87.7 Å². The molecular formula is C27H33N3O4. The van der Waals surface area contributed by atoms with Crippen LogP contribution in [0.1, 0.15) is 73.6 Å². The summed E-state index contributed by atoms with van der Waals surface area (Å²) in [5, 5.41) is 17.9. The highest BCUT2D eigenvalue weighted by atomic mass is 16.5. The number of carbonyl (C=O) groups is 1. The number of H-pyrrole nitrogens is 1. The van der Waals surface area contributed by atoms with Crippen LogP contribution in [0.3, 0.4) is 0 Å². The minimum atomic E-state index is -0.342. The predicted molar refractivity (Wildman–Crippen MR) is 131 cm³/mol. The van der Waals surface area contributed by atoms with E-state index < -0.39 is 0 Å². The first-order valence-corrected chi connectivity index (χ1v) is 12.1. The van der Waals surface area contributed by atoms with Crippen molar-refractivity contribution in [3.05, 3.63) is 59.3 Å². The van der Waals surface area contributed by atoms with E-state index in [-0.39, 0.29) is 17.7 Å². The van der Waals surface area contributed by atoms with Crippen molar-refractivity contribution in [1.29, 1.82) is 0 Å². The molecule has 0 saturated heterocycles. The number of hydrogen-bond donors (Lipinski definition) is 2. The Balaban J connectivity index is 1.76. The molecule has 0 saturated carbocycles. The summed E-state index contributed by atoms with van der Waals surface area (Å²) in [5.74, 6) is 1.38. The predicted octanol–water partition coefficient (Wildman–Crippen LogP) is 5.71. The molecule has 3 aromatic rings. The molecule has 1 aliphatic rings. The number of aromatic amines is 1. The summed E-state index contributed by atoms with van der Waals surface area (Å²) in [6, 6.07) is 12.6. The summed E-state index contributed by atoms with van der Waals surface area (Å²) in [5.41, 5.74) is 3.35. The standard InChI is InChI=1S/C27H33N3O4/c1-4-6-10-16-34-21-14-13-18(17-22(21)33-3)26-23-24(19-11-8-9-12-20(19)31)28-29-25(23)27(32)30(26)15-7-5-2/h8-9,11-14,17,26,31H,4-7,10,15-16H2,1-3H3,(H,28,29)/t26-/m0/s1. The van der Waals surface area contributed by atoms with Crippen LogP contribution in [-0.4, -0.2) is 46.4 Å². The second kappa shape index (κ2) is 10.6. The van der Waals surface area contributed by atoms with Crippen molar-refractivity contribution in [2.24, 2.45) is 0 Å². The maximum Gasteiger partial charge on any atom is 0.273 e. The number of methoxy groups -OCH3 is 1. The number of para-hydroxylation sites is 1. The number of phenols is 1. The average molecular weight is 464 g/mol. The van der Waals surface area contributed by atoms with E-state index in [1.807, 2.05) is 35.2 Å². The first-order chi connectivity index (χ1) is 16.6. The molecule has 1 amide bonds. The van der Waals surface area contributed by atoms with Crippen LogP contribution in [-0.2, 0) is 0 Å². The molecule has 0 aliphatic carbocycles. The quantitative estimate of drug-likeness (QED) is 0.356. The highest BCUT2D eigenvalue weighted by Gasteiger charge is 2.42. The Hall–Kier alpha value is -3.48. The highest BCUT2D eigenvalue weighted by molar-refractivity contribution is 6.00. The molecule has 2 heterocycles. The fourth-order valence-corrected chi connectivity index (χ4v) is 4.49. The number of hydrogen-bond acceptors (Lipinski definition) is 5. The Labute approximate surface area is 200 Å². The normalized spacial score (nSPS) is 15.0. The largest absolute Gasteiger partial charge is 0.507 e. The molecule has 180 valence electrons. The third-order valence-electron chi connectivity index (χ3n) is 6.28. The molecule has 7 nitrogen and oxygen atoms in total. The average Bonchev–Trinajstić information content (AvgIpc) is 3.39. The van der Waals surface area contributed by atoms with Crippen LogP contribution in [0.25, 0.3) is 11.3 Å². The maximum atomic E-state index is 13.4. The number of aromatic hydroxyl groups is 1. The number of carbonyl (C=O) groups excluding carboxylic acids is 1. The van der Waals surface area contributed by atoms with Gasteiger partial charge in [-0.05, 0) is 42.7 Å². The first-order valence-electron chi connectivity index (χ1n) is 12.1. The zero-order chi connectivity index (χ0) is 24.1. The second-order valence-corrected chi connectivity index (χ2v) is 8.60. The number of phenolic OH excluding ortho intramolecular Hbond substituents is 1. The third-order valence-corrected chi connectivity index (χ3v) is 6.28.